The summed E-state index contributed by atoms with van der Waals surface area (Å²) in [6.45, 7) is 2.17. The minimum atomic E-state index is -0.0182. The molecule has 8 nitrogen and oxygen atoms in total. The molecule has 26 heavy (non-hydrogen) atoms. The first-order valence-electron chi connectivity index (χ1n) is 9.06. The molecule has 1 saturated carbocycles. The molecule has 2 aromatic rings. The van der Waals surface area contributed by atoms with Gasteiger partial charge in [-0.3, -0.25) is 9.59 Å². The number of carbonyl (C=O) groups excluding carboxylic acids is 2. The van der Waals surface area contributed by atoms with Crippen LogP contribution in [0.3, 0.4) is 0 Å². The van der Waals surface area contributed by atoms with Crippen molar-refractivity contribution in [1.82, 2.24) is 25.5 Å². The second-order valence-corrected chi connectivity index (χ2v) is 6.60. The molecule has 2 N–H and O–H groups in total. The Hall–Kier alpha value is -2.77. The van der Waals surface area contributed by atoms with Crippen LogP contribution in [0.1, 0.15) is 51.5 Å². The lowest BCUT2D eigenvalue weighted by Crippen LogP contribution is -2.20. The highest BCUT2D eigenvalue weighted by Crippen LogP contribution is 2.36. The Bertz CT molecular complexity index is 769. The minimum Gasteiger partial charge on any atom is -0.356 e. The lowest BCUT2D eigenvalue weighted by Gasteiger charge is -2.08. The molecule has 0 bridgehead atoms. The number of hydrogen-bond donors (Lipinski definition) is 2. The smallest absolute Gasteiger partial charge is 0.224 e. The zero-order valence-electron chi connectivity index (χ0n) is 14.9. The highest BCUT2D eigenvalue weighted by atomic mass is 16.2. The van der Waals surface area contributed by atoms with E-state index in [0.29, 0.717) is 19.0 Å². The monoisotopic (exact) mass is 356 g/mol. The van der Waals surface area contributed by atoms with Gasteiger partial charge in [0.25, 0.3) is 0 Å². The number of aromatic nitrogens is 4. The quantitative estimate of drug-likeness (QED) is 0.671. The van der Waals surface area contributed by atoms with Gasteiger partial charge in [-0.25, -0.2) is 4.68 Å². The zero-order valence-corrected chi connectivity index (χ0v) is 14.9. The van der Waals surface area contributed by atoms with Crippen molar-refractivity contribution >= 4 is 17.5 Å². The van der Waals surface area contributed by atoms with Crippen molar-refractivity contribution in [1.29, 1.82) is 0 Å². The normalized spacial score (nSPS) is 13.4. The molecule has 1 aliphatic rings. The van der Waals surface area contributed by atoms with Crippen LogP contribution in [0.2, 0.25) is 0 Å². The molecule has 1 aromatic carbocycles. The van der Waals surface area contributed by atoms with Crippen molar-refractivity contribution in [2.45, 2.75) is 51.5 Å². The number of unbranched alkanes of at least 4 members (excludes halogenated alkanes) is 2. The number of nitrogens with zero attached hydrogens (tertiary/aromatic N) is 4. The SMILES string of the molecule is CC(=O)NCCCCCC(=O)Nc1cccc(-c2nnnn2C2CC2)c1. The number of hydrogen-bond acceptors (Lipinski definition) is 5. The molecule has 0 aliphatic heterocycles. The fourth-order valence-corrected chi connectivity index (χ4v) is 2.76. The zero-order chi connectivity index (χ0) is 18.4. The summed E-state index contributed by atoms with van der Waals surface area (Å²) in [6.07, 6.45) is 5.26. The minimum absolute atomic E-state index is 0.0107. The first-order valence-corrected chi connectivity index (χ1v) is 9.06. The van der Waals surface area contributed by atoms with Crippen molar-refractivity contribution < 1.29 is 9.59 Å². The van der Waals surface area contributed by atoms with Crippen molar-refractivity contribution in [3.8, 4) is 11.4 Å². The second-order valence-electron chi connectivity index (χ2n) is 6.60. The molecule has 0 unspecified atom stereocenters. The van der Waals surface area contributed by atoms with Crippen LogP contribution < -0.4 is 10.6 Å². The van der Waals surface area contributed by atoms with E-state index in [4.69, 9.17) is 0 Å². The molecule has 0 atom stereocenters. The van der Waals surface area contributed by atoms with E-state index in [1.165, 1.54) is 6.92 Å². The van der Waals surface area contributed by atoms with Crippen LogP contribution >= 0.6 is 0 Å². The van der Waals surface area contributed by atoms with Gasteiger partial charge in [-0.15, -0.1) is 5.10 Å². The number of nitrogens with one attached hydrogen (secondary N) is 2. The summed E-state index contributed by atoms with van der Waals surface area (Å²) in [4.78, 5) is 22.9. The molecule has 1 heterocycles. The van der Waals surface area contributed by atoms with Gasteiger partial charge >= 0.3 is 0 Å². The van der Waals surface area contributed by atoms with Crippen LogP contribution in [0.15, 0.2) is 24.3 Å². The van der Waals surface area contributed by atoms with E-state index < -0.39 is 0 Å². The van der Waals surface area contributed by atoms with Crippen molar-refractivity contribution in [2.24, 2.45) is 0 Å². The summed E-state index contributed by atoms with van der Waals surface area (Å²) in [7, 11) is 0. The van der Waals surface area contributed by atoms with Crippen LogP contribution in [-0.2, 0) is 9.59 Å². The predicted molar refractivity (Wildman–Crippen MR) is 97.3 cm³/mol. The maximum atomic E-state index is 12.1. The van der Waals surface area contributed by atoms with Crippen molar-refractivity contribution in [3.05, 3.63) is 24.3 Å². The maximum Gasteiger partial charge on any atom is 0.224 e. The molecule has 0 spiro atoms. The van der Waals surface area contributed by atoms with E-state index in [0.717, 1.165) is 49.2 Å². The Kier molecular flexibility index (Phi) is 5.93. The van der Waals surface area contributed by atoms with Crippen molar-refractivity contribution in [3.63, 3.8) is 0 Å². The van der Waals surface area contributed by atoms with E-state index in [1.54, 1.807) is 0 Å². The Morgan fingerprint density at radius 3 is 2.85 bits per heavy atom. The molecule has 1 aromatic heterocycles. The summed E-state index contributed by atoms with van der Waals surface area (Å²) < 4.78 is 1.86. The third-order valence-corrected chi connectivity index (χ3v) is 4.24. The number of amides is 2. The number of rotatable bonds is 9. The fraction of sp³-hybridized carbons (Fsp3) is 0.500. The van der Waals surface area contributed by atoms with E-state index >= 15 is 0 Å². The second kappa shape index (κ2) is 8.55. The molecule has 3 rings (SSSR count). The number of tetrazole rings is 1. The summed E-state index contributed by atoms with van der Waals surface area (Å²) in [5.41, 5.74) is 1.64. The van der Waals surface area contributed by atoms with E-state index in [-0.39, 0.29) is 11.8 Å². The molecular formula is C18H24N6O2. The van der Waals surface area contributed by atoms with Gasteiger partial charge in [-0.2, -0.15) is 0 Å². The summed E-state index contributed by atoms with van der Waals surface area (Å²) in [5.74, 6) is 0.709. The Morgan fingerprint density at radius 2 is 2.08 bits per heavy atom. The molecular weight excluding hydrogens is 332 g/mol. The topological polar surface area (TPSA) is 102 Å². The number of benzene rings is 1. The van der Waals surface area contributed by atoms with Gasteiger partial charge in [0.1, 0.15) is 0 Å². The largest absolute Gasteiger partial charge is 0.356 e. The van der Waals surface area contributed by atoms with E-state index in [9.17, 15) is 9.59 Å². The van der Waals surface area contributed by atoms with Gasteiger partial charge < -0.3 is 10.6 Å². The third-order valence-electron chi connectivity index (χ3n) is 4.24. The molecule has 8 heteroatoms. The Morgan fingerprint density at radius 1 is 1.23 bits per heavy atom. The number of anilines is 1. The summed E-state index contributed by atoms with van der Waals surface area (Å²) in [5, 5.41) is 17.6. The third kappa shape index (κ3) is 5.11. The molecule has 1 fully saturated rings. The van der Waals surface area contributed by atoms with Crippen LogP contribution in [0, 0.1) is 0 Å². The lowest BCUT2D eigenvalue weighted by atomic mass is 10.1. The van der Waals surface area contributed by atoms with Gasteiger partial charge in [0.2, 0.25) is 11.8 Å². The lowest BCUT2D eigenvalue weighted by molar-refractivity contribution is -0.119. The van der Waals surface area contributed by atoms with Crippen LogP contribution in [0.5, 0.6) is 0 Å². The van der Waals surface area contributed by atoms with Crippen LogP contribution in [0.25, 0.3) is 11.4 Å². The van der Waals surface area contributed by atoms with Crippen molar-refractivity contribution in [2.75, 3.05) is 11.9 Å². The summed E-state index contributed by atoms with van der Waals surface area (Å²) in [6, 6.07) is 8.01. The molecule has 0 saturated heterocycles. The van der Waals surface area contributed by atoms with E-state index in [2.05, 4.69) is 26.2 Å². The van der Waals surface area contributed by atoms with Crippen LogP contribution in [0.4, 0.5) is 5.69 Å². The molecule has 2 amide bonds. The van der Waals surface area contributed by atoms with E-state index in [1.807, 2.05) is 28.9 Å². The molecule has 1 aliphatic carbocycles. The maximum absolute atomic E-state index is 12.1. The predicted octanol–water partition coefficient (Wildman–Crippen LogP) is 2.31. The number of carbonyl (C=O) groups is 2. The summed E-state index contributed by atoms with van der Waals surface area (Å²) >= 11 is 0. The Balaban J connectivity index is 1.48. The standard InChI is InChI=1S/C18H24N6O2/c1-13(25)19-11-4-2-3-8-17(26)20-15-7-5-6-14(12-15)18-21-22-23-24(18)16-9-10-16/h5-7,12,16H,2-4,8-11H2,1H3,(H,19,25)(H,20,26). The average Bonchev–Trinajstić information content (AvgIpc) is 3.34. The Labute approximate surface area is 152 Å². The molecule has 138 valence electrons. The van der Waals surface area contributed by atoms with Crippen LogP contribution in [-0.4, -0.2) is 38.6 Å². The van der Waals surface area contributed by atoms with Gasteiger partial charge in [0.15, 0.2) is 5.82 Å². The van der Waals surface area contributed by atoms with Gasteiger partial charge in [0, 0.05) is 31.1 Å². The molecule has 0 radical (unpaired) electrons. The highest BCUT2D eigenvalue weighted by molar-refractivity contribution is 5.91. The first kappa shape index (κ1) is 18.0. The van der Waals surface area contributed by atoms with Gasteiger partial charge in [-0.1, -0.05) is 18.6 Å². The van der Waals surface area contributed by atoms with Gasteiger partial charge in [-0.05, 0) is 48.2 Å². The first-order chi connectivity index (χ1) is 12.6. The fourth-order valence-electron chi connectivity index (χ4n) is 2.76. The average molecular weight is 356 g/mol. The van der Waals surface area contributed by atoms with Gasteiger partial charge in [0.05, 0.1) is 6.04 Å². The highest BCUT2D eigenvalue weighted by Gasteiger charge is 2.28.